The number of benzene rings is 1. The number of amides is 3. The molecule has 0 saturated carbocycles. The zero-order valence-corrected chi connectivity index (χ0v) is 15.6. The molecule has 0 bridgehead atoms. The third-order valence-electron chi connectivity index (χ3n) is 4.97. The van der Waals surface area contributed by atoms with Gasteiger partial charge in [0.15, 0.2) is 0 Å². The van der Waals surface area contributed by atoms with E-state index in [0.717, 1.165) is 32.4 Å². The van der Waals surface area contributed by atoms with Gasteiger partial charge in [0.25, 0.3) is 0 Å². The van der Waals surface area contributed by atoms with Crippen LogP contribution in [0.15, 0.2) is 36.4 Å². The summed E-state index contributed by atoms with van der Waals surface area (Å²) in [6, 6.07) is 4.65. The summed E-state index contributed by atoms with van der Waals surface area (Å²) in [6.45, 7) is 1.24. The molecule has 0 aromatic heterocycles. The molecule has 8 heteroatoms. The summed E-state index contributed by atoms with van der Waals surface area (Å²) in [5.74, 6) is -0.502. The van der Waals surface area contributed by atoms with Gasteiger partial charge in [0.1, 0.15) is 11.9 Å². The summed E-state index contributed by atoms with van der Waals surface area (Å²) < 4.78 is 19.4. The number of nitrogens with zero attached hydrogens (tertiary/aromatic N) is 1. The first-order valence-electron chi connectivity index (χ1n) is 9.61. The molecule has 28 heavy (non-hydrogen) atoms. The zero-order valence-electron chi connectivity index (χ0n) is 15.6. The van der Waals surface area contributed by atoms with E-state index in [4.69, 9.17) is 4.74 Å². The maximum absolute atomic E-state index is 13.6. The van der Waals surface area contributed by atoms with E-state index < -0.39 is 30.1 Å². The van der Waals surface area contributed by atoms with E-state index in [0.29, 0.717) is 0 Å². The molecule has 1 saturated heterocycles. The highest BCUT2D eigenvalue weighted by molar-refractivity contribution is 5.89. The van der Waals surface area contributed by atoms with E-state index in [1.54, 1.807) is 18.2 Å². The predicted molar refractivity (Wildman–Crippen MR) is 102 cm³/mol. The van der Waals surface area contributed by atoms with Gasteiger partial charge < -0.3 is 25.4 Å². The third-order valence-corrected chi connectivity index (χ3v) is 4.97. The molecule has 3 atom stereocenters. The minimum Gasteiger partial charge on any atom is -0.394 e. The van der Waals surface area contributed by atoms with Crippen LogP contribution in [0.3, 0.4) is 0 Å². The second-order valence-corrected chi connectivity index (χ2v) is 7.03. The zero-order chi connectivity index (χ0) is 19.9. The molecule has 2 heterocycles. The molecular formula is C20H26FN3O4. The van der Waals surface area contributed by atoms with E-state index in [1.807, 2.05) is 4.90 Å². The van der Waals surface area contributed by atoms with Gasteiger partial charge in [0.05, 0.1) is 30.9 Å². The number of rotatable bonds is 5. The minimum absolute atomic E-state index is 0.0368. The fourth-order valence-corrected chi connectivity index (χ4v) is 3.45. The highest BCUT2D eigenvalue weighted by Crippen LogP contribution is 2.19. The van der Waals surface area contributed by atoms with Crippen LogP contribution < -0.4 is 10.6 Å². The number of anilines is 1. The quantitative estimate of drug-likeness (QED) is 0.670. The molecule has 1 fully saturated rings. The number of carbonyl (C=O) groups excluding carboxylic acids is 2. The highest BCUT2D eigenvalue weighted by atomic mass is 19.1. The van der Waals surface area contributed by atoms with Crippen molar-refractivity contribution in [1.29, 1.82) is 0 Å². The number of piperidine rings is 1. The lowest BCUT2D eigenvalue weighted by atomic mass is 10.0. The van der Waals surface area contributed by atoms with Gasteiger partial charge in [0.2, 0.25) is 5.91 Å². The Bertz CT molecular complexity index is 721. The van der Waals surface area contributed by atoms with E-state index in [-0.39, 0.29) is 24.6 Å². The summed E-state index contributed by atoms with van der Waals surface area (Å²) >= 11 is 0. The van der Waals surface area contributed by atoms with Crippen molar-refractivity contribution in [3.63, 3.8) is 0 Å². The van der Waals surface area contributed by atoms with Gasteiger partial charge in [-0.15, -0.1) is 0 Å². The first-order valence-corrected chi connectivity index (χ1v) is 9.61. The lowest BCUT2D eigenvalue weighted by molar-refractivity contribution is -0.136. The topological polar surface area (TPSA) is 90.9 Å². The van der Waals surface area contributed by atoms with Gasteiger partial charge >= 0.3 is 6.03 Å². The van der Waals surface area contributed by atoms with Crippen LogP contribution in [0.1, 0.15) is 25.7 Å². The van der Waals surface area contributed by atoms with Crippen LogP contribution in [0, 0.1) is 5.82 Å². The van der Waals surface area contributed by atoms with Crippen molar-refractivity contribution >= 4 is 17.6 Å². The van der Waals surface area contributed by atoms with Crippen molar-refractivity contribution in [3.05, 3.63) is 42.2 Å². The van der Waals surface area contributed by atoms with Crippen LogP contribution in [0.2, 0.25) is 0 Å². The molecule has 152 valence electrons. The lowest BCUT2D eigenvalue weighted by Gasteiger charge is -2.33. The van der Waals surface area contributed by atoms with Crippen LogP contribution in [0.5, 0.6) is 0 Å². The van der Waals surface area contributed by atoms with Crippen LogP contribution in [-0.2, 0) is 9.53 Å². The molecule has 3 rings (SSSR count). The minimum atomic E-state index is -0.685. The van der Waals surface area contributed by atoms with Crippen molar-refractivity contribution in [2.45, 2.75) is 43.9 Å². The van der Waals surface area contributed by atoms with Gasteiger partial charge in [0, 0.05) is 13.1 Å². The van der Waals surface area contributed by atoms with Gasteiger partial charge in [-0.2, -0.15) is 0 Å². The van der Waals surface area contributed by atoms with E-state index in [1.165, 1.54) is 18.2 Å². The summed E-state index contributed by atoms with van der Waals surface area (Å²) in [5.41, 5.74) is 0.0614. The monoisotopic (exact) mass is 391 g/mol. The number of halogens is 1. The molecule has 0 unspecified atom stereocenters. The van der Waals surface area contributed by atoms with E-state index >= 15 is 0 Å². The average Bonchev–Trinajstić information content (AvgIpc) is 2.71. The summed E-state index contributed by atoms with van der Waals surface area (Å²) in [6.07, 6.45) is 5.71. The fourth-order valence-electron chi connectivity index (χ4n) is 3.45. The number of para-hydroxylation sites is 1. The molecule has 3 N–H and O–H groups in total. The van der Waals surface area contributed by atoms with Crippen LogP contribution >= 0.6 is 0 Å². The predicted octanol–water partition coefficient (Wildman–Crippen LogP) is 2.03. The smallest absolute Gasteiger partial charge is 0.319 e. The van der Waals surface area contributed by atoms with Crippen LogP contribution in [0.4, 0.5) is 14.9 Å². The summed E-state index contributed by atoms with van der Waals surface area (Å²) in [4.78, 5) is 26.4. The van der Waals surface area contributed by atoms with Gasteiger partial charge in [-0.05, 0) is 31.4 Å². The number of nitrogens with one attached hydrogen (secondary N) is 2. The van der Waals surface area contributed by atoms with Gasteiger partial charge in [-0.3, -0.25) is 4.79 Å². The Morgan fingerprint density at radius 2 is 1.93 bits per heavy atom. The molecule has 2 aliphatic heterocycles. The molecule has 1 aromatic rings. The summed E-state index contributed by atoms with van der Waals surface area (Å²) in [7, 11) is 0. The molecule has 0 spiro atoms. The van der Waals surface area contributed by atoms with Crippen molar-refractivity contribution in [2.24, 2.45) is 0 Å². The molecule has 0 aliphatic carbocycles. The van der Waals surface area contributed by atoms with E-state index in [2.05, 4.69) is 10.6 Å². The Balaban J connectivity index is 1.54. The van der Waals surface area contributed by atoms with Crippen LogP contribution in [-0.4, -0.2) is 59.9 Å². The Labute approximate surface area is 163 Å². The van der Waals surface area contributed by atoms with Gasteiger partial charge in [-0.1, -0.05) is 24.3 Å². The number of likely N-dealkylation sites (tertiary alicyclic amines) is 1. The lowest BCUT2D eigenvalue weighted by Crippen LogP contribution is -2.50. The first-order chi connectivity index (χ1) is 13.6. The third kappa shape index (κ3) is 5.30. The normalized spacial score (nSPS) is 24.6. The van der Waals surface area contributed by atoms with Crippen LogP contribution in [0.25, 0.3) is 0 Å². The average molecular weight is 391 g/mol. The molecule has 1 aromatic carbocycles. The second kappa shape index (κ2) is 9.66. The maximum Gasteiger partial charge on any atom is 0.319 e. The van der Waals surface area contributed by atoms with Crippen molar-refractivity contribution < 1.29 is 23.8 Å². The molecule has 0 radical (unpaired) electrons. The number of carbonyl (C=O) groups is 2. The van der Waals surface area contributed by atoms with Gasteiger partial charge in [-0.25, -0.2) is 9.18 Å². The molecule has 7 nitrogen and oxygen atoms in total. The molecule has 2 aliphatic rings. The number of hydrogen-bond donors (Lipinski definition) is 3. The van der Waals surface area contributed by atoms with Crippen molar-refractivity contribution in [2.75, 3.05) is 25.0 Å². The number of aliphatic hydroxyl groups excluding tert-OH is 1. The fraction of sp³-hybridized carbons (Fsp3) is 0.500. The maximum atomic E-state index is 13.6. The van der Waals surface area contributed by atoms with E-state index in [9.17, 15) is 19.1 Å². The summed E-state index contributed by atoms with van der Waals surface area (Å²) in [5, 5.41) is 14.7. The SMILES string of the molecule is O=C(Nc1ccccc1F)N[C@@H]1C=C[C@@H](CC(=O)N2CCCCC2)O[C@@H]1CO. The number of hydrogen-bond acceptors (Lipinski definition) is 4. The Kier molecular flexibility index (Phi) is 7.00. The Morgan fingerprint density at radius 1 is 1.18 bits per heavy atom. The van der Waals surface area contributed by atoms with Crippen molar-refractivity contribution in [3.8, 4) is 0 Å². The number of aliphatic hydroxyl groups is 1. The highest BCUT2D eigenvalue weighted by Gasteiger charge is 2.30. The molecule has 3 amide bonds. The Hall–Kier alpha value is -2.45. The largest absolute Gasteiger partial charge is 0.394 e. The number of ether oxygens (including phenoxy) is 1. The first kappa shape index (κ1) is 20.3. The van der Waals surface area contributed by atoms with Crippen molar-refractivity contribution in [1.82, 2.24) is 10.2 Å². The second-order valence-electron chi connectivity index (χ2n) is 7.03. The molecular weight excluding hydrogens is 365 g/mol. The Morgan fingerprint density at radius 3 is 2.64 bits per heavy atom. The number of urea groups is 1. The standard InChI is InChI=1S/C20H26FN3O4/c21-15-6-2-3-7-16(15)22-20(27)23-17-9-8-14(28-18(17)13-25)12-19(26)24-10-4-1-5-11-24/h2-3,6-9,14,17-18,25H,1,4-5,10-13H2,(H2,22,23,27)/t14-,17+,18+/m0/s1.